The SMILES string of the molecule is CNC(=O)C(C)OC(=O)c1cccc(N)c1C. The van der Waals surface area contributed by atoms with E-state index >= 15 is 0 Å². The van der Waals surface area contributed by atoms with E-state index in [1.54, 1.807) is 25.1 Å². The third-order valence-electron chi connectivity index (χ3n) is 2.50. The highest BCUT2D eigenvalue weighted by molar-refractivity contribution is 5.94. The normalized spacial score (nSPS) is 11.7. The number of amides is 1. The summed E-state index contributed by atoms with van der Waals surface area (Å²) in [5, 5.41) is 2.41. The molecule has 0 aromatic heterocycles. The van der Waals surface area contributed by atoms with E-state index in [9.17, 15) is 9.59 Å². The van der Waals surface area contributed by atoms with E-state index in [0.717, 1.165) is 0 Å². The molecule has 5 heteroatoms. The number of benzene rings is 1. The third-order valence-corrected chi connectivity index (χ3v) is 2.50. The smallest absolute Gasteiger partial charge is 0.339 e. The van der Waals surface area contributed by atoms with Crippen LogP contribution in [0.5, 0.6) is 0 Å². The number of esters is 1. The standard InChI is InChI=1S/C12H16N2O3/c1-7-9(5-4-6-10(7)13)12(16)17-8(2)11(15)14-3/h4-6,8H,13H2,1-3H3,(H,14,15). The van der Waals surface area contributed by atoms with E-state index in [0.29, 0.717) is 16.8 Å². The zero-order chi connectivity index (χ0) is 13.0. The van der Waals surface area contributed by atoms with Crippen LogP contribution in [0, 0.1) is 6.92 Å². The maximum absolute atomic E-state index is 11.8. The van der Waals surface area contributed by atoms with Gasteiger partial charge in [-0.3, -0.25) is 4.79 Å². The van der Waals surface area contributed by atoms with E-state index in [4.69, 9.17) is 10.5 Å². The van der Waals surface area contributed by atoms with Crippen LogP contribution in [-0.4, -0.2) is 25.0 Å². The molecule has 0 fully saturated rings. The lowest BCUT2D eigenvalue weighted by molar-refractivity contribution is -0.128. The van der Waals surface area contributed by atoms with E-state index in [1.807, 2.05) is 0 Å². The van der Waals surface area contributed by atoms with Gasteiger partial charge in [0.15, 0.2) is 6.10 Å². The van der Waals surface area contributed by atoms with E-state index < -0.39 is 12.1 Å². The van der Waals surface area contributed by atoms with Crippen molar-refractivity contribution in [3.8, 4) is 0 Å². The number of nitrogens with two attached hydrogens (primary N) is 1. The van der Waals surface area contributed by atoms with Crippen molar-refractivity contribution in [3.63, 3.8) is 0 Å². The van der Waals surface area contributed by atoms with Gasteiger partial charge in [-0.25, -0.2) is 4.79 Å². The Morgan fingerprint density at radius 3 is 2.65 bits per heavy atom. The van der Waals surface area contributed by atoms with Crippen LogP contribution in [0.25, 0.3) is 0 Å². The molecular formula is C12H16N2O3. The molecular weight excluding hydrogens is 220 g/mol. The van der Waals surface area contributed by atoms with Gasteiger partial charge in [-0.2, -0.15) is 0 Å². The van der Waals surface area contributed by atoms with Crippen LogP contribution in [0.1, 0.15) is 22.8 Å². The van der Waals surface area contributed by atoms with Crippen LogP contribution >= 0.6 is 0 Å². The molecule has 0 aliphatic carbocycles. The van der Waals surface area contributed by atoms with Crippen molar-refractivity contribution in [2.75, 3.05) is 12.8 Å². The fraction of sp³-hybridized carbons (Fsp3) is 0.333. The molecule has 0 spiro atoms. The maximum Gasteiger partial charge on any atom is 0.339 e. The van der Waals surface area contributed by atoms with Crippen LogP contribution in [0.3, 0.4) is 0 Å². The van der Waals surface area contributed by atoms with E-state index in [1.165, 1.54) is 14.0 Å². The lowest BCUT2D eigenvalue weighted by Crippen LogP contribution is -2.33. The van der Waals surface area contributed by atoms with Crippen LogP contribution in [0.2, 0.25) is 0 Å². The van der Waals surface area contributed by atoms with E-state index in [-0.39, 0.29) is 5.91 Å². The van der Waals surface area contributed by atoms with Gasteiger partial charge in [-0.05, 0) is 31.5 Å². The zero-order valence-electron chi connectivity index (χ0n) is 10.1. The third kappa shape index (κ3) is 2.96. The first kappa shape index (κ1) is 13.0. The Labute approximate surface area is 99.9 Å². The molecule has 92 valence electrons. The van der Waals surface area contributed by atoms with Gasteiger partial charge in [-0.15, -0.1) is 0 Å². The first-order valence-corrected chi connectivity index (χ1v) is 5.25. The minimum Gasteiger partial charge on any atom is -0.449 e. The average molecular weight is 236 g/mol. The summed E-state index contributed by atoms with van der Waals surface area (Å²) in [7, 11) is 1.48. The van der Waals surface area contributed by atoms with Crippen LogP contribution < -0.4 is 11.1 Å². The van der Waals surface area contributed by atoms with Gasteiger partial charge in [0.25, 0.3) is 5.91 Å². The summed E-state index contributed by atoms with van der Waals surface area (Å²) in [6.07, 6.45) is -0.826. The molecule has 17 heavy (non-hydrogen) atoms. The Kier molecular flexibility index (Phi) is 4.09. The zero-order valence-corrected chi connectivity index (χ0v) is 10.1. The van der Waals surface area contributed by atoms with Crippen molar-refractivity contribution in [2.45, 2.75) is 20.0 Å². The van der Waals surface area contributed by atoms with Crippen LogP contribution in [0.15, 0.2) is 18.2 Å². The lowest BCUT2D eigenvalue weighted by Gasteiger charge is -2.13. The van der Waals surface area contributed by atoms with Crippen molar-refractivity contribution in [2.24, 2.45) is 0 Å². The van der Waals surface area contributed by atoms with Gasteiger partial charge in [-0.1, -0.05) is 6.07 Å². The predicted molar refractivity (Wildman–Crippen MR) is 64.5 cm³/mol. The Hall–Kier alpha value is -2.04. The Morgan fingerprint density at radius 1 is 1.41 bits per heavy atom. The minimum absolute atomic E-state index is 0.347. The monoisotopic (exact) mass is 236 g/mol. The minimum atomic E-state index is -0.826. The number of likely N-dealkylation sites (N-methyl/N-ethyl adjacent to an activating group) is 1. The van der Waals surface area contributed by atoms with E-state index in [2.05, 4.69) is 5.32 Å². The summed E-state index contributed by atoms with van der Waals surface area (Å²) in [5.74, 6) is -0.897. The summed E-state index contributed by atoms with van der Waals surface area (Å²) in [4.78, 5) is 23.0. The van der Waals surface area contributed by atoms with Gasteiger partial charge in [0.1, 0.15) is 0 Å². The Bertz CT molecular complexity index is 443. The summed E-state index contributed by atoms with van der Waals surface area (Å²) < 4.78 is 5.02. The number of carbonyl (C=O) groups is 2. The highest BCUT2D eigenvalue weighted by Crippen LogP contribution is 2.16. The van der Waals surface area contributed by atoms with Crippen molar-refractivity contribution >= 4 is 17.6 Å². The Balaban J connectivity index is 2.84. The van der Waals surface area contributed by atoms with Crippen LogP contribution in [0.4, 0.5) is 5.69 Å². The number of hydrogen-bond donors (Lipinski definition) is 2. The quantitative estimate of drug-likeness (QED) is 0.602. The fourth-order valence-corrected chi connectivity index (χ4v) is 1.36. The molecule has 1 unspecified atom stereocenters. The number of hydrogen-bond acceptors (Lipinski definition) is 4. The molecule has 0 radical (unpaired) electrons. The molecule has 5 nitrogen and oxygen atoms in total. The molecule has 0 bridgehead atoms. The van der Waals surface area contributed by atoms with Gasteiger partial charge < -0.3 is 15.8 Å². The summed E-state index contributed by atoms with van der Waals surface area (Å²) >= 11 is 0. The molecule has 1 rings (SSSR count). The maximum atomic E-state index is 11.8. The molecule has 0 aliphatic heterocycles. The Morgan fingerprint density at radius 2 is 2.06 bits per heavy atom. The molecule has 0 heterocycles. The second kappa shape index (κ2) is 5.34. The van der Waals surface area contributed by atoms with Crippen LogP contribution in [-0.2, 0) is 9.53 Å². The highest BCUT2D eigenvalue weighted by Gasteiger charge is 2.19. The number of ether oxygens (including phenoxy) is 1. The molecule has 1 aromatic carbocycles. The van der Waals surface area contributed by atoms with Gasteiger partial charge in [0.2, 0.25) is 0 Å². The average Bonchev–Trinajstić information content (AvgIpc) is 2.31. The molecule has 0 saturated carbocycles. The molecule has 1 atom stereocenters. The van der Waals surface area contributed by atoms with Gasteiger partial charge >= 0.3 is 5.97 Å². The number of rotatable bonds is 3. The van der Waals surface area contributed by atoms with Crippen molar-refractivity contribution in [1.29, 1.82) is 0 Å². The second-order valence-electron chi connectivity index (χ2n) is 3.68. The second-order valence-corrected chi connectivity index (χ2v) is 3.68. The molecule has 1 amide bonds. The largest absolute Gasteiger partial charge is 0.449 e. The lowest BCUT2D eigenvalue weighted by atomic mass is 10.1. The summed E-state index contributed by atoms with van der Waals surface area (Å²) in [6, 6.07) is 4.99. The summed E-state index contributed by atoms with van der Waals surface area (Å²) in [5.41, 5.74) is 7.24. The number of nitrogens with one attached hydrogen (secondary N) is 1. The molecule has 0 aliphatic rings. The van der Waals surface area contributed by atoms with Crippen molar-refractivity contribution in [3.05, 3.63) is 29.3 Å². The predicted octanol–water partition coefficient (Wildman–Crippen LogP) is 0.869. The summed E-state index contributed by atoms with van der Waals surface area (Å²) in [6.45, 7) is 3.24. The fourth-order valence-electron chi connectivity index (χ4n) is 1.36. The first-order valence-electron chi connectivity index (χ1n) is 5.25. The number of carbonyl (C=O) groups excluding carboxylic acids is 2. The first-order chi connectivity index (χ1) is 7.97. The van der Waals surface area contributed by atoms with Gasteiger partial charge in [0, 0.05) is 12.7 Å². The number of anilines is 1. The highest BCUT2D eigenvalue weighted by atomic mass is 16.5. The van der Waals surface area contributed by atoms with Crippen molar-refractivity contribution < 1.29 is 14.3 Å². The topological polar surface area (TPSA) is 81.4 Å². The molecule has 0 saturated heterocycles. The van der Waals surface area contributed by atoms with Crippen molar-refractivity contribution in [1.82, 2.24) is 5.32 Å². The van der Waals surface area contributed by atoms with Gasteiger partial charge in [0.05, 0.1) is 5.56 Å². The number of nitrogen functional groups attached to an aromatic ring is 1. The molecule has 3 N–H and O–H groups in total. The molecule has 1 aromatic rings.